The van der Waals surface area contributed by atoms with Crippen LogP contribution in [0.3, 0.4) is 0 Å². The molecule has 0 fully saturated rings. The highest BCUT2D eigenvalue weighted by molar-refractivity contribution is 6.31. The average molecular weight is 492 g/mol. The quantitative estimate of drug-likeness (QED) is 0.565. The van der Waals surface area contributed by atoms with E-state index in [1.165, 1.54) is 0 Å². The number of rotatable bonds is 7. The molecule has 0 amide bonds. The fourth-order valence-corrected chi connectivity index (χ4v) is 5.14. The number of hydrogen-bond donors (Lipinski definition) is 1. The van der Waals surface area contributed by atoms with Crippen LogP contribution in [0, 0.1) is 16.7 Å². The van der Waals surface area contributed by atoms with Crippen LogP contribution in [-0.4, -0.2) is 30.9 Å². The maximum absolute atomic E-state index is 13.6. The third kappa shape index (κ3) is 4.93. The summed E-state index contributed by atoms with van der Waals surface area (Å²) >= 11 is 6.32. The SMILES string of the molecule is COCCN1C(N)=C(C#N)[C@H](c2ccccc2OCc2ccccc2Cl)C2=C1CC(C)(C)CC2=O. The minimum Gasteiger partial charge on any atom is -0.489 e. The van der Waals surface area contributed by atoms with Gasteiger partial charge < -0.3 is 20.1 Å². The number of ether oxygens (including phenoxy) is 2. The number of allylic oxidation sites excluding steroid dienone is 3. The van der Waals surface area contributed by atoms with E-state index in [9.17, 15) is 10.1 Å². The number of halogens is 1. The second-order valence-corrected chi connectivity index (χ2v) is 10.1. The van der Waals surface area contributed by atoms with E-state index in [0.717, 1.165) is 16.8 Å². The Bertz CT molecular complexity index is 1240. The number of benzene rings is 2. The maximum atomic E-state index is 13.6. The number of methoxy groups -OCH3 is 1. The Morgan fingerprint density at radius 1 is 1.17 bits per heavy atom. The lowest BCUT2D eigenvalue weighted by Crippen LogP contribution is -2.43. The van der Waals surface area contributed by atoms with Gasteiger partial charge >= 0.3 is 0 Å². The van der Waals surface area contributed by atoms with Gasteiger partial charge in [0.1, 0.15) is 18.2 Å². The fraction of sp³-hybridized carbons (Fsp3) is 0.357. The zero-order chi connectivity index (χ0) is 25.2. The second-order valence-electron chi connectivity index (χ2n) is 9.71. The first-order valence-corrected chi connectivity index (χ1v) is 12.0. The van der Waals surface area contributed by atoms with Crippen molar-refractivity contribution in [3.8, 4) is 11.8 Å². The standard InChI is InChI=1S/C28H30ClN3O3/c1-28(2)14-22-26(23(33)15-28)25(20(16-30)27(31)32(22)12-13-34-3)19-9-5-7-11-24(19)35-17-18-8-4-6-10-21(18)29/h4-11,25H,12-15,17,31H2,1-3H3/t25-/m0/s1. The number of para-hydroxylation sites is 1. The molecule has 2 N–H and O–H groups in total. The van der Waals surface area contributed by atoms with E-state index in [0.29, 0.717) is 53.7 Å². The summed E-state index contributed by atoms with van der Waals surface area (Å²) in [4.78, 5) is 15.5. The van der Waals surface area contributed by atoms with Crippen molar-refractivity contribution in [2.45, 2.75) is 39.2 Å². The Kier molecular flexibility index (Phi) is 7.20. The summed E-state index contributed by atoms with van der Waals surface area (Å²) in [5, 5.41) is 10.8. The predicted molar refractivity (Wildman–Crippen MR) is 135 cm³/mol. The van der Waals surface area contributed by atoms with E-state index in [2.05, 4.69) is 19.9 Å². The van der Waals surface area contributed by atoms with Crippen molar-refractivity contribution in [3.63, 3.8) is 0 Å². The lowest BCUT2D eigenvalue weighted by Gasteiger charge is -2.44. The summed E-state index contributed by atoms with van der Waals surface area (Å²) in [6.45, 7) is 5.31. The first-order chi connectivity index (χ1) is 16.8. The normalized spacial score (nSPS) is 19.5. The third-order valence-electron chi connectivity index (χ3n) is 6.58. The number of carbonyl (C=O) groups is 1. The molecule has 2 aromatic carbocycles. The predicted octanol–water partition coefficient (Wildman–Crippen LogP) is 5.30. The topological polar surface area (TPSA) is 88.6 Å². The summed E-state index contributed by atoms with van der Waals surface area (Å²) in [7, 11) is 1.62. The van der Waals surface area contributed by atoms with Gasteiger partial charge in [0, 0.05) is 47.5 Å². The summed E-state index contributed by atoms with van der Waals surface area (Å²) in [5.41, 5.74) is 9.82. The summed E-state index contributed by atoms with van der Waals surface area (Å²) in [6.07, 6.45) is 1.08. The smallest absolute Gasteiger partial charge is 0.162 e. The number of nitriles is 1. The molecule has 1 heterocycles. The lowest BCUT2D eigenvalue weighted by molar-refractivity contribution is -0.118. The number of nitrogens with zero attached hydrogens (tertiary/aromatic N) is 2. The van der Waals surface area contributed by atoms with Crippen molar-refractivity contribution >= 4 is 17.4 Å². The fourth-order valence-electron chi connectivity index (χ4n) is 4.95. The minimum atomic E-state index is -0.597. The molecule has 1 aliphatic carbocycles. The molecule has 4 rings (SSSR count). The first kappa shape index (κ1) is 24.8. The average Bonchev–Trinajstić information content (AvgIpc) is 2.82. The maximum Gasteiger partial charge on any atom is 0.162 e. The van der Waals surface area contributed by atoms with Gasteiger partial charge in [-0.05, 0) is 24.0 Å². The molecule has 2 aromatic rings. The van der Waals surface area contributed by atoms with Gasteiger partial charge in [-0.1, -0.05) is 61.8 Å². The molecule has 35 heavy (non-hydrogen) atoms. The molecule has 1 aliphatic heterocycles. The van der Waals surface area contributed by atoms with Crippen molar-refractivity contribution in [1.82, 2.24) is 4.90 Å². The van der Waals surface area contributed by atoms with Gasteiger partial charge in [-0.25, -0.2) is 0 Å². The van der Waals surface area contributed by atoms with Crippen LogP contribution in [0.25, 0.3) is 0 Å². The molecule has 1 atom stereocenters. The van der Waals surface area contributed by atoms with E-state index in [-0.39, 0.29) is 17.8 Å². The van der Waals surface area contributed by atoms with E-state index in [1.807, 2.05) is 53.4 Å². The highest BCUT2D eigenvalue weighted by atomic mass is 35.5. The Hall–Kier alpha value is -3.27. The van der Waals surface area contributed by atoms with Gasteiger partial charge in [0.15, 0.2) is 5.78 Å². The number of hydrogen-bond acceptors (Lipinski definition) is 6. The van der Waals surface area contributed by atoms with Crippen LogP contribution in [-0.2, 0) is 16.1 Å². The van der Waals surface area contributed by atoms with Gasteiger partial charge in [0.2, 0.25) is 0 Å². The van der Waals surface area contributed by atoms with Crippen LogP contribution >= 0.6 is 11.6 Å². The van der Waals surface area contributed by atoms with Crippen molar-refractivity contribution < 1.29 is 14.3 Å². The molecular weight excluding hydrogens is 462 g/mol. The molecule has 7 heteroatoms. The van der Waals surface area contributed by atoms with Gasteiger partial charge in [0.25, 0.3) is 0 Å². The zero-order valence-corrected chi connectivity index (χ0v) is 21.1. The molecule has 182 valence electrons. The molecule has 0 radical (unpaired) electrons. The molecule has 0 saturated heterocycles. The number of ketones is 1. The molecular formula is C28H30ClN3O3. The van der Waals surface area contributed by atoms with Gasteiger partial charge in [0.05, 0.1) is 24.2 Å². The van der Waals surface area contributed by atoms with Crippen LogP contribution in [0.5, 0.6) is 5.75 Å². The molecule has 0 saturated carbocycles. The lowest BCUT2D eigenvalue weighted by atomic mass is 9.68. The minimum absolute atomic E-state index is 0.0322. The monoisotopic (exact) mass is 491 g/mol. The summed E-state index contributed by atoms with van der Waals surface area (Å²) < 4.78 is 11.5. The number of nitrogens with two attached hydrogens (primary N) is 1. The zero-order valence-electron chi connectivity index (χ0n) is 20.3. The molecule has 6 nitrogen and oxygen atoms in total. The Labute approximate surface area is 211 Å². The van der Waals surface area contributed by atoms with Gasteiger partial charge in [-0.15, -0.1) is 0 Å². The van der Waals surface area contributed by atoms with Crippen LogP contribution < -0.4 is 10.5 Å². The first-order valence-electron chi connectivity index (χ1n) is 11.6. The van der Waals surface area contributed by atoms with Crippen LogP contribution in [0.4, 0.5) is 0 Å². The molecule has 0 spiro atoms. The number of Topliss-reactive ketones (excluding diaryl/α,β-unsaturated/α-hetero) is 1. The van der Waals surface area contributed by atoms with Gasteiger partial charge in [-0.2, -0.15) is 5.26 Å². The Morgan fingerprint density at radius 2 is 1.89 bits per heavy atom. The summed E-state index contributed by atoms with van der Waals surface area (Å²) in [6, 6.07) is 17.3. The van der Waals surface area contributed by atoms with Crippen LogP contribution in [0.2, 0.25) is 5.02 Å². The molecule has 0 aromatic heterocycles. The highest BCUT2D eigenvalue weighted by Crippen LogP contribution is 2.50. The van der Waals surface area contributed by atoms with E-state index < -0.39 is 5.92 Å². The van der Waals surface area contributed by atoms with E-state index in [4.69, 9.17) is 26.8 Å². The van der Waals surface area contributed by atoms with Crippen molar-refractivity contribution in [1.29, 1.82) is 5.26 Å². The van der Waals surface area contributed by atoms with Gasteiger partial charge in [-0.3, -0.25) is 4.79 Å². The molecule has 0 unspecified atom stereocenters. The third-order valence-corrected chi connectivity index (χ3v) is 6.95. The van der Waals surface area contributed by atoms with Crippen LogP contribution in [0.1, 0.15) is 43.7 Å². The number of carbonyl (C=O) groups excluding carboxylic acids is 1. The second kappa shape index (κ2) is 10.2. The van der Waals surface area contributed by atoms with Crippen molar-refractivity contribution in [3.05, 3.63) is 87.3 Å². The Morgan fingerprint density at radius 3 is 2.60 bits per heavy atom. The molecule has 0 bridgehead atoms. The van der Waals surface area contributed by atoms with Crippen LogP contribution in [0.15, 0.2) is 71.2 Å². The van der Waals surface area contributed by atoms with E-state index >= 15 is 0 Å². The van der Waals surface area contributed by atoms with Crippen molar-refractivity contribution in [2.24, 2.45) is 11.1 Å². The Balaban J connectivity index is 1.82. The summed E-state index contributed by atoms with van der Waals surface area (Å²) in [5.74, 6) is 0.386. The molecule has 2 aliphatic rings. The van der Waals surface area contributed by atoms with E-state index in [1.54, 1.807) is 7.11 Å². The van der Waals surface area contributed by atoms with Crippen molar-refractivity contribution in [2.75, 3.05) is 20.3 Å². The highest BCUT2D eigenvalue weighted by Gasteiger charge is 2.44. The largest absolute Gasteiger partial charge is 0.489 e.